The molecule has 0 radical (unpaired) electrons. The number of para-hydroxylation sites is 1. The average molecular weight is 451 g/mol. The Bertz CT molecular complexity index is 1140. The van der Waals surface area contributed by atoms with E-state index in [0.29, 0.717) is 23.6 Å². The monoisotopic (exact) mass is 451 g/mol. The molecule has 0 saturated heterocycles. The van der Waals surface area contributed by atoms with Gasteiger partial charge in [-0.1, -0.05) is 12.1 Å². The molecule has 1 N–H and O–H groups in total. The highest BCUT2D eigenvalue weighted by Gasteiger charge is 2.38. The predicted molar refractivity (Wildman–Crippen MR) is 93.7 cm³/mol. The number of carbonyl (C=O) groups excluding carboxylic acids is 1. The zero-order chi connectivity index (χ0) is 22.3. The third-order valence-corrected chi connectivity index (χ3v) is 5.73. The molecule has 1 aromatic heterocycles. The number of halogens is 5. The van der Waals surface area contributed by atoms with Crippen LogP contribution in [0, 0.1) is 0 Å². The van der Waals surface area contributed by atoms with Gasteiger partial charge in [0.05, 0.1) is 16.3 Å². The number of hydrogen-bond donors (Lipinski definition) is 1. The molecule has 0 spiro atoms. The van der Waals surface area contributed by atoms with Gasteiger partial charge in [0, 0.05) is 5.92 Å². The maximum Gasteiger partial charge on any atom is 0.421 e. The van der Waals surface area contributed by atoms with E-state index in [0.717, 1.165) is 18.2 Å². The average Bonchev–Trinajstić information content (AvgIpc) is 3.47. The van der Waals surface area contributed by atoms with Crippen molar-refractivity contribution in [3.8, 4) is 0 Å². The summed E-state index contributed by atoms with van der Waals surface area (Å²) in [5.41, 5.74) is -3.51. The van der Waals surface area contributed by atoms with Gasteiger partial charge in [-0.05, 0) is 31.0 Å². The number of hydrogen-bond acceptors (Lipinski definition) is 5. The molecule has 0 aliphatic heterocycles. The minimum Gasteiger partial charge on any atom is -0.323 e. The molecule has 3 rings (SSSR count). The molecule has 7 nitrogen and oxygen atoms in total. The second kappa shape index (κ2) is 7.78. The van der Waals surface area contributed by atoms with Crippen molar-refractivity contribution in [1.29, 1.82) is 0 Å². The van der Waals surface area contributed by atoms with Crippen molar-refractivity contribution in [2.75, 3.05) is 5.32 Å². The van der Waals surface area contributed by atoms with Crippen LogP contribution in [-0.2, 0) is 27.4 Å². The zero-order valence-corrected chi connectivity index (χ0v) is 15.8. The lowest BCUT2D eigenvalue weighted by atomic mass is 10.2. The van der Waals surface area contributed by atoms with E-state index < -0.39 is 55.9 Å². The Morgan fingerprint density at radius 2 is 1.87 bits per heavy atom. The summed E-state index contributed by atoms with van der Waals surface area (Å²) >= 11 is 0. The number of alkyl halides is 5. The largest absolute Gasteiger partial charge is 0.421 e. The third kappa shape index (κ3) is 4.50. The van der Waals surface area contributed by atoms with Crippen molar-refractivity contribution in [2.45, 2.75) is 42.1 Å². The first kappa shape index (κ1) is 21.9. The lowest BCUT2D eigenvalue weighted by Crippen LogP contribution is -2.35. The van der Waals surface area contributed by atoms with Gasteiger partial charge >= 0.3 is 11.9 Å². The SMILES string of the molecule is O=C(Cn1nc(C2CC2)cc(C(F)(F)F)c1=O)Nc1ccccc1S(=O)(=O)C(F)F. The van der Waals surface area contributed by atoms with Crippen molar-refractivity contribution in [1.82, 2.24) is 9.78 Å². The number of nitrogens with one attached hydrogen (secondary N) is 1. The van der Waals surface area contributed by atoms with Gasteiger partial charge in [0.25, 0.3) is 5.56 Å². The van der Waals surface area contributed by atoms with E-state index in [2.05, 4.69) is 5.10 Å². The van der Waals surface area contributed by atoms with E-state index in [-0.39, 0.29) is 11.6 Å². The van der Waals surface area contributed by atoms with Crippen LogP contribution in [0.1, 0.15) is 30.0 Å². The third-order valence-electron chi connectivity index (χ3n) is 4.29. The highest BCUT2D eigenvalue weighted by molar-refractivity contribution is 7.91. The first-order valence-corrected chi connectivity index (χ1v) is 10.1. The van der Waals surface area contributed by atoms with Crippen LogP contribution in [-0.4, -0.2) is 29.9 Å². The Balaban J connectivity index is 1.92. The van der Waals surface area contributed by atoms with Gasteiger partial charge in [-0.3, -0.25) is 9.59 Å². The number of rotatable bonds is 6. The smallest absolute Gasteiger partial charge is 0.323 e. The van der Waals surface area contributed by atoms with Crippen LogP contribution in [0.2, 0.25) is 0 Å². The van der Waals surface area contributed by atoms with Crippen molar-refractivity contribution in [3.63, 3.8) is 0 Å². The number of aromatic nitrogens is 2. The lowest BCUT2D eigenvalue weighted by Gasteiger charge is -2.14. The van der Waals surface area contributed by atoms with Crippen molar-refractivity contribution in [2.24, 2.45) is 0 Å². The molecule has 162 valence electrons. The molecule has 1 saturated carbocycles. The molecule has 1 aromatic carbocycles. The number of nitrogens with zero attached hydrogens (tertiary/aromatic N) is 2. The molecule has 1 aliphatic carbocycles. The Kier molecular flexibility index (Phi) is 5.67. The summed E-state index contributed by atoms with van der Waals surface area (Å²) in [4.78, 5) is 23.5. The Hall–Kier alpha value is -2.83. The minimum absolute atomic E-state index is 0.00963. The van der Waals surface area contributed by atoms with Crippen LogP contribution in [0.15, 0.2) is 40.0 Å². The molecule has 1 aliphatic rings. The van der Waals surface area contributed by atoms with Crippen LogP contribution >= 0.6 is 0 Å². The number of amides is 1. The van der Waals surface area contributed by atoms with Crippen LogP contribution < -0.4 is 10.9 Å². The van der Waals surface area contributed by atoms with E-state index in [4.69, 9.17) is 0 Å². The van der Waals surface area contributed by atoms with Gasteiger partial charge in [-0.2, -0.15) is 27.1 Å². The number of sulfone groups is 1. The molecule has 0 atom stereocenters. The summed E-state index contributed by atoms with van der Waals surface area (Å²) in [6.07, 6.45) is -3.78. The fourth-order valence-corrected chi connectivity index (χ4v) is 3.58. The van der Waals surface area contributed by atoms with Crippen LogP contribution in [0.4, 0.5) is 27.6 Å². The Morgan fingerprint density at radius 1 is 1.23 bits per heavy atom. The Morgan fingerprint density at radius 3 is 2.43 bits per heavy atom. The maximum atomic E-state index is 13.2. The summed E-state index contributed by atoms with van der Waals surface area (Å²) < 4.78 is 88.9. The van der Waals surface area contributed by atoms with E-state index >= 15 is 0 Å². The summed E-state index contributed by atoms with van der Waals surface area (Å²) in [6.45, 7) is -0.967. The van der Waals surface area contributed by atoms with Gasteiger partial charge in [-0.15, -0.1) is 0 Å². The van der Waals surface area contributed by atoms with E-state index in [1.54, 1.807) is 0 Å². The highest BCUT2D eigenvalue weighted by atomic mass is 32.2. The lowest BCUT2D eigenvalue weighted by molar-refractivity contribution is -0.139. The second-order valence-corrected chi connectivity index (χ2v) is 8.45. The summed E-state index contributed by atoms with van der Waals surface area (Å²) in [5, 5.41) is 5.83. The van der Waals surface area contributed by atoms with Gasteiger partial charge in [0.15, 0.2) is 0 Å². The molecule has 1 heterocycles. The van der Waals surface area contributed by atoms with Gasteiger partial charge < -0.3 is 5.32 Å². The topological polar surface area (TPSA) is 98.1 Å². The molecule has 1 fully saturated rings. The molecule has 2 aromatic rings. The van der Waals surface area contributed by atoms with Gasteiger partial charge in [0.1, 0.15) is 12.1 Å². The Labute approximate surface area is 166 Å². The van der Waals surface area contributed by atoms with E-state index in [1.807, 2.05) is 5.32 Å². The second-order valence-electron chi connectivity index (χ2n) is 6.57. The van der Waals surface area contributed by atoms with Crippen molar-refractivity contribution >= 4 is 21.4 Å². The maximum absolute atomic E-state index is 13.2. The fraction of sp³-hybridized carbons (Fsp3) is 0.353. The number of benzene rings is 1. The predicted octanol–water partition coefficient (Wildman–Crippen LogP) is 2.77. The molecule has 0 bridgehead atoms. The summed E-state index contributed by atoms with van der Waals surface area (Å²) in [6, 6.07) is 4.95. The number of anilines is 1. The van der Waals surface area contributed by atoms with Crippen LogP contribution in [0.5, 0.6) is 0 Å². The molecule has 13 heteroatoms. The van der Waals surface area contributed by atoms with Gasteiger partial charge in [0.2, 0.25) is 15.7 Å². The summed E-state index contributed by atoms with van der Waals surface area (Å²) in [5.74, 6) is -5.11. The minimum atomic E-state index is -5.05. The number of carbonyl (C=O) groups is 1. The molecule has 30 heavy (non-hydrogen) atoms. The van der Waals surface area contributed by atoms with E-state index in [1.165, 1.54) is 6.07 Å². The zero-order valence-electron chi connectivity index (χ0n) is 15.0. The normalized spacial score (nSPS) is 14.7. The first-order chi connectivity index (χ1) is 13.9. The van der Waals surface area contributed by atoms with Crippen LogP contribution in [0.3, 0.4) is 0 Å². The van der Waals surface area contributed by atoms with Crippen molar-refractivity contribution < 1.29 is 35.2 Å². The van der Waals surface area contributed by atoms with E-state index in [9.17, 15) is 40.0 Å². The highest BCUT2D eigenvalue weighted by Crippen LogP contribution is 2.40. The molecule has 0 unspecified atom stereocenters. The molecular formula is C17H14F5N3O4S. The van der Waals surface area contributed by atoms with Crippen LogP contribution in [0.25, 0.3) is 0 Å². The fourth-order valence-electron chi connectivity index (χ4n) is 2.69. The van der Waals surface area contributed by atoms with Gasteiger partial charge in [-0.25, -0.2) is 13.1 Å². The molecule has 1 amide bonds. The first-order valence-electron chi connectivity index (χ1n) is 8.51. The molecular weight excluding hydrogens is 437 g/mol. The van der Waals surface area contributed by atoms with Crippen molar-refractivity contribution in [3.05, 3.63) is 51.9 Å². The summed E-state index contributed by atoms with van der Waals surface area (Å²) in [7, 11) is -5.05. The standard InChI is InChI=1S/C17H14F5N3O4S/c18-16(19)30(28,29)13-4-2-1-3-11(13)23-14(26)8-25-15(27)10(17(20,21)22)7-12(24-25)9-5-6-9/h1-4,7,9,16H,5-6,8H2,(H,23,26). The quantitative estimate of drug-likeness (QED) is 0.682.